The molecule has 1 aromatic carbocycles. The van der Waals surface area contributed by atoms with Gasteiger partial charge in [-0.2, -0.15) is 0 Å². The Bertz CT molecular complexity index is 830. The molecule has 1 aliphatic heterocycles. The molecule has 1 N–H and O–H groups in total. The number of nitrogens with one attached hydrogen (secondary N) is 1. The van der Waals surface area contributed by atoms with Crippen LogP contribution in [0.2, 0.25) is 0 Å². The van der Waals surface area contributed by atoms with Gasteiger partial charge in [0.25, 0.3) is 5.91 Å². The van der Waals surface area contributed by atoms with E-state index in [0.29, 0.717) is 31.8 Å². The van der Waals surface area contributed by atoms with Crippen LogP contribution in [0.5, 0.6) is 5.75 Å². The minimum absolute atomic E-state index is 0.139. The number of hydrogen-bond donors (Lipinski definition) is 1. The molecule has 0 aliphatic carbocycles. The molecule has 1 atom stereocenters. The largest absolute Gasteiger partial charge is 0.485 e. The van der Waals surface area contributed by atoms with Crippen molar-refractivity contribution in [2.75, 3.05) is 19.6 Å². The fraction of sp³-hybridized carbons (Fsp3) is 0.450. The molecule has 2 amide bonds. The van der Waals surface area contributed by atoms with Crippen LogP contribution in [-0.2, 0) is 11.4 Å². The molecular weight excluding hydrogens is 346 g/mol. The van der Waals surface area contributed by atoms with Gasteiger partial charge in [0.2, 0.25) is 5.91 Å². The van der Waals surface area contributed by atoms with Gasteiger partial charge in [0.05, 0.1) is 0 Å². The first kappa shape index (κ1) is 18.9. The van der Waals surface area contributed by atoms with Crippen LogP contribution in [0.15, 0.2) is 28.8 Å². The molecule has 1 aliphatic rings. The molecule has 7 nitrogen and oxygen atoms in total. The summed E-state index contributed by atoms with van der Waals surface area (Å²) in [6.45, 7) is 7.97. The van der Waals surface area contributed by atoms with Crippen LogP contribution >= 0.6 is 0 Å². The van der Waals surface area contributed by atoms with Crippen LogP contribution in [-0.4, -0.2) is 41.5 Å². The highest BCUT2D eigenvalue weighted by Gasteiger charge is 2.28. The summed E-state index contributed by atoms with van der Waals surface area (Å²) in [5.74, 6) is 1.24. The van der Waals surface area contributed by atoms with Gasteiger partial charge in [-0.1, -0.05) is 17.3 Å². The molecule has 1 saturated heterocycles. The van der Waals surface area contributed by atoms with E-state index in [4.69, 9.17) is 9.26 Å². The van der Waals surface area contributed by atoms with E-state index in [0.717, 1.165) is 16.9 Å². The molecular formula is C20H25N3O4. The second kappa shape index (κ2) is 8.24. The summed E-state index contributed by atoms with van der Waals surface area (Å²) in [4.78, 5) is 25.8. The third kappa shape index (κ3) is 4.67. The Morgan fingerprint density at radius 1 is 1.37 bits per heavy atom. The van der Waals surface area contributed by atoms with Crippen molar-refractivity contribution in [1.29, 1.82) is 0 Å². The Labute approximate surface area is 158 Å². The molecule has 144 valence electrons. The van der Waals surface area contributed by atoms with Crippen LogP contribution in [0.4, 0.5) is 0 Å². The second-order valence-electron chi connectivity index (χ2n) is 6.95. The number of carbonyl (C=O) groups excluding carboxylic acids is 2. The minimum Gasteiger partial charge on any atom is -0.485 e. The summed E-state index contributed by atoms with van der Waals surface area (Å²) in [5, 5.41) is 6.64. The Morgan fingerprint density at radius 3 is 2.93 bits per heavy atom. The highest BCUT2D eigenvalue weighted by Crippen LogP contribution is 2.21. The average Bonchev–Trinajstić information content (AvgIpc) is 3.27. The van der Waals surface area contributed by atoms with E-state index in [9.17, 15) is 9.59 Å². The van der Waals surface area contributed by atoms with Gasteiger partial charge in [-0.3, -0.25) is 9.59 Å². The number of rotatable bonds is 7. The number of amides is 2. The number of nitrogens with zero attached hydrogens (tertiary/aromatic N) is 2. The molecule has 0 bridgehead atoms. The summed E-state index contributed by atoms with van der Waals surface area (Å²) in [5.41, 5.74) is 2.36. The van der Waals surface area contributed by atoms with Crippen molar-refractivity contribution in [3.63, 3.8) is 0 Å². The maximum absolute atomic E-state index is 12.2. The fourth-order valence-corrected chi connectivity index (χ4v) is 3.12. The van der Waals surface area contributed by atoms with Crippen molar-refractivity contribution in [3.8, 4) is 5.75 Å². The van der Waals surface area contributed by atoms with Crippen molar-refractivity contribution in [1.82, 2.24) is 15.4 Å². The van der Waals surface area contributed by atoms with Crippen LogP contribution < -0.4 is 10.1 Å². The van der Waals surface area contributed by atoms with Crippen molar-refractivity contribution in [2.24, 2.45) is 5.92 Å². The Balaban J connectivity index is 1.50. The van der Waals surface area contributed by atoms with E-state index in [1.807, 2.05) is 39.0 Å². The van der Waals surface area contributed by atoms with E-state index in [1.54, 1.807) is 11.0 Å². The zero-order valence-electron chi connectivity index (χ0n) is 15.9. The first-order valence-corrected chi connectivity index (χ1v) is 9.18. The van der Waals surface area contributed by atoms with Crippen molar-refractivity contribution in [2.45, 2.75) is 33.8 Å². The van der Waals surface area contributed by atoms with Gasteiger partial charge >= 0.3 is 0 Å². The maximum Gasteiger partial charge on any atom is 0.273 e. The van der Waals surface area contributed by atoms with Crippen LogP contribution in [0.1, 0.15) is 40.7 Å². The normalized spacial score (nSPS) is 16.6. The van der Waals surface area contributed by atoms with Crippen LogP contribution in [0, 0.1) is 19.8 Å². The zero-order chi connectivity index (χ0) is 19.4. The average molecular weight is 371 g/mol. The van der Waals surface area contributed by atoms with E-state index >= 15 is 0 Å². The highest BCUT2D eigenvalue weighted by molar-refractivity contribution is 5.92. The van der Waals surface area contributed by atoms with Gasteiger partial charge in [-0.25, -0.2) is 0 Å². The summed E-state index contributed by atoms with van der Waals surface area (Å²) in [7, 11) is 0. The van der Waals surface area contributed by atoms with E-state index in [-0.39, 0.29) is 30.0 Å². The molecule has 3 rings (SSSR count). The summed E-state index contributed by atoms with van der Waals surface area (Å²) >= 11 is 0. The van der Waals surface area contributed by atoms with Crippen LogP contribution in [0.3, 0.4) is 0 Å². The molecule has 0 saturated carbocycles. The first-order chi connectivity index (χ1) is 13.0. The number of benzene rings is 1. The predicted octanol–water partition coefficient (Wildman–Crippen LogP) is 2.47. The Morgan fingerprint density at radius 2 is 2.19 bits per heavy atom. The standard InChI is InChI=1S/C20H25N3O4/c1-4-23-11-15(8-19(23)24)10-21-20(25)17-9-16(27-22-17)12-26-18-7-13(2)5-6-14(18)3/h5-7,9,15H,4,8,10-12H2,1-3H3,(H,21,25). The predicted molar refractivity (Wildman–Crippen MR) is 99.4 cm³/mol. The lowest BCUT2D eigenvalue weighted by Gasteiger charge is -2.13. The zero-order valence-corrected chi connectivity index (χ0v) is 15.9. The Hall–Kier alpha value is -2.83. The topological polar surface area (TPSA) is 84.7 Å². The van der Waals surface area contributed by atoms with Gasteiger partial charge in [0.1, 0.15) is 12.4 Å². The van der Waals surface area contributed by atoms with Crippen molar-refractivity contribution < 1.29 is 18.8 Å². The molecule has 7 heteroatoms. The number of ether oxygens (including phenoxy) is 1. The van der Waals surface area contributed by atoms with Crippen molar-refractivity contribution >= 4 is 11.8 Å². The first-order valence-electron chi connectivity index (χ1n) is 9.18. The monoisotopic (exact) mass is 371 g/mol. The van der Waals surface area contributed by atoms with Gasteiger partial charge in [0, 0.05) is 38.0 Å². The number of carbonyl (C=O) groups is 2. The van der Waals surface area contributed by atoms with Crippen LogP contribution in [0.25, 0.3) is 0 Å². The third-order valence-corrected chi connectivity index (χ3v) is 4.73. The van der Waals surface area contributed by atoms with E-state index in [2.05, 4.69) is 10.5 Å². The summed E-state index contributed by atoms with van der Waals surface area (Å²) in [6, 6.07) is 7.56. The number of likely N-dealkylation sites (tertiary alicyclic amines) is 1. The molecule has 1 unspecified atom stereocenters. The third-order valence-electron chi connectivity index (χ3n) is 4.73. The number of aromatic nitrogens is 1. The minimum atomic E-state index is -0.306. The summed E-state index contributed by atoms with van der Waals surface area (Å²) < 4.78 is 11.0. The SMILES string of the molecule is CCN1CC(CNC(=O)c2cc(COc3cc(C)ccc3C)on2)CC1=O. The molecule has 2 heterocycles. The number of aryl methyl sites for hydroxylation is 2. The Kier molecular flexibility index (Phi) is 5.78. The van der Waals surface area contributed by atoms with Gasteiger partial charge in [-0.15, -0.1) is 0 Å². The highest BCUT2D eigenvalue weighted by atomic mass is 16.5. The smallest absolute Gasteiger partial charge is 0.273 e. The lowest BCUT2D eigenvalue weighted by atomic mass is 10.1. The lowest BCUT2D eigenvalue weighted by molar-refractivity contribution is -0.127. The molecule has 1 aromatic heterocycles. The summed E-state index contributed by atoms with van der Waals surface area (Å²) in [6.07, 6.45) is 0.474. The van der Waals surface area contributed by atoms with Gasteiger partial charge in [-0.05, 0) is 38.0 Å². The number of hydrogen-bond acceptors (Lipinski definition) is 5. The van der Waals surface area contributed by atoms with E-state index in [1.165, 1.54) is 0 Å². The molecule has 2 aromatic rings. The molecule has 1 fully saturated rings. The molecule has 0 radical (unpaired) electrons. The lowest BCUT2D eigenvalue weighted by Crippen LogP contribution is -2.31. The molecule has 27 heavy (non-hydrogen) atoms. The van der Waals surface area contributed by atoms with Gasteiger partial charge < -0.3 is 19.5 Å². The maximum atomic E-state index is 12.2. The second-order valence-corrected chi connectivity index (χ2v) is 6.95. The van der Waals surface area contributed by atoms with Crippen molar-refractivity contribution in [3.05, 3.63) is 46.8 Å². The van der Waals surface area contributed by atoms with E-state index < -0.39 is 0 Å². The fourth-order valence-electron chi connectivity index (χ4n) is 3.12. The van der Waals surface area contributed by atoms with Gasteiger partial charge in [0.15, 0.2) is 11.5 Å². The quantitative estimate of drug-likeness (QED) is 0.808. The molecule has 0 spiro atoms.